The fourth-order valence-electron chi connectivity index (χ4n) is 1.71. The van der Waals surface area contributed by atoms with Gasteiger partial charge in [-0.2, -0.15) is 8.42 Å². The Hall–Kier alpha value is -1.01. The van der Waals surface area contributed by atoms with Crippen molar-refractivity contribution in [1.82, 2.24) is 4.98 Å². The SMILES string of the molecule is CC(OS(C)(=O)=O)c1cc(C2CC2)c(F)cn1. The molecule has 1 aromatic heterocycles. The van der Waals surface area contributed by atoms with Crippen LogP contribution in [0.25, 0.3) is 0 Å². The third-order valence-electron chi connectivity index (χ3n) is 2.66. The average Bonchev–Trinajstić information content (AvgIpc) is 2.99. The molecule has 1 heterocycles. The van der Waals surface area contributed by atoms with Crippen LogP contribution in [0, 0.1) is 5.82 Å². The van der Waals surface area contributed by atoms with E-state index >= 15 is 0 Å². The molecular formula is C11H14FNO3S. The average molecular weight is 259 g/mol. The summed E-state index contributed by atoms with van der Waals surface area (Å²) in [7, 11) is -3.53. The van der Waals surface area contributed by atoms with E-state index in [1.54, 1.807) is 13.0 Å². The predicted molar refractivity (Wildman–Crippen MR) is 60.5 cm³/mol. The van der Waals surface area contributed by atoms with Crippen LogP contribution in [0.15, 0.2) is 12.3 Å². The van der Waals surface area contributed by atoms with Crippen LogP contribution in [0.1, 0.15) is 43.0 Å². The Kier molecular flexibility index (Phi) is 3.18. The number of rotatable bonds is 4. The van der Waals surface area contributed by atoms with Crippen molar-refractivity contribution in [3.8, 4) is 0 Å². The molecule has 4 nitrogen and oxygen atoms in total. The van der Waals surface area contributed by atoms with E-state index in [-0.39, 0.29) is 11.7 Å². The lowest BCUT2D eigenvalue weighted by Gasteiger charge is -2.11. The van der Waals surface area contributed by atoms with E-state index in [0.29, 0.717) is 11.3 Å². The van der Waals surface area contributed by atoms with Crippen molar-refractivity contribution in [2.24, 2.45) is 0 Å². The largest absolute Gasteiger partial charge is 0.265 e. The normalized spacial score (nSPS) is 18.1. The van der Waals surface area contributed by atoms with E-state index < -0.39 is 16.2 Å². The Bertz CT molecular complexity index is 526. The maximum atomic E-state index is 13.4. The van der Waals surface area contributed by atoms with Crippen LogP contribution < -0.4 is 0 Å². The van der Waals surface area contributed by atoms with Crippen molar-refractivity contribution >= 4 is 10.1 Å². The van der Waals surface area contributed by atoms with Gasteiger partial charge in [0.1, 0.15) is 11.9 Å². The minimum atomic E-state index is -3.53. The lowest BCUT2D eigenvalue weighted by atomic mass is 10.1. The van der Waals surface area contributed by atoms with Crippen LogP contribution >= 0.6 is 0 Å². The maximum Gasteiger partial charge on any atom is 0.265 e. The molecule has 1 fully saturated rings. The summed E-state index contributed by atoms with van der Waals surface area (Å²) in [4.78, 5) is 3.87. The van der Waals surface area contributed by atoms with Gasteiger partial charge in [0.15, 0.2) is 0 Å². The maximum absolute atomic E-state index is 13.4. The Labute approximate surface area is 99.9 Å². The van der Waals surface area contributed by atoms with Gasteiger partial charge in [0.05, 0.1) is 18.1 Å². The summed E-state index contributed by atoms with van der Waals surface area (Å²) in [6.07, 6.45) is 3.37. The van der Waals surface area contributed by atoms with Gasteiger partial charge in [0.2, 0.25) is 0 Å². The Morgan fingerprint density at radius 2 is 2.18 bits per heavy atom. The highest BCUT2D eigenvalue weighted by Gasteiger charge is 2.28. The first-order valence-electron chi connectivity index (χ1n) is 5.40. The van der Waals surface area contributed by atoms with Gasteiger partial charge >= 0.3 is 0 Å². The summed E-state index contributed by atoms with van der Waals surface area (Å²) in [5.74, 6) is -0.0787. The molecule has 0 bridgehead atoms. The van der Waals surface area contributed by atoms with Gasteiger partial charge in [0, 0.05) is 0 Å². The Balaban J connectivity index is 2.23. The molecule has 2 rings (SSSR count). The first-order chi connectivity index (χ1) is 7.87. The molecule has 0 saturated heterocycles. The molecule has 1 aliphatic rings. The Morgan fingerprint density at radius 3 is 2.71 bits per heavy atom. The molecule has 1 atom stereocenters. The summed E-state index contributed by atoms with van der Waals surface area (Å²) >= 11 is 0. The molecular weight excluding hydrogens is 245 g/mol. The number of hydrogen-bond acceptors (Lipinski definition) is 4. The second-order valence-electron chi connectivity index (χ2n) is 4.35. The monoisotopic (exact) mass is 259 g/mol. The molecule has 1 unspecified atom stereocenters. The first-order valence-corrected chi connectivity index (χ1v) is 7.22. The molecule has 0 amide bonds. The summed E-state index contributed by atoms with van der Waals surface area (Å²) in [5, 5.41) is 0. The molecule has 6 heteroatoms. The topological polar surface area (TPSA) is 56.3 Å². The van der Waals surface area contributed by atoms with Gasteiger partial charge < -0.3 is 0 Å². The highest BCUT2D eigenvalue weighted by molar-refractivity contribution is 7.86. The van der Waals surface area contributed by atoms with Crippen molar-refractivity contribution < 1.29 is 17.0 Å². The van der Waals surface area contributed by atoms with Crippen molar-refractivity contribution in [2.45, 2.75) is 31.8 Å². The van der Waals surface area contributed by atoms with Crippen molar-refractivity contribution in [3.05, 3.63) is 29.3 Å². The van der Waals surface area contributed by atoms with E-state index in [2.05, 4.69) is 4.98 Å². The van der Waals surface area contributed by atoms with E-state index in [1.165, 1.54) is 0 Å². The second kappa shape index (κ2) is 4.34. The van der Waals surface area contributed by atoms with Crippen LogP contribution in [-0.2, 0) is 14.3 Å². The van der Waals surface area contributed by atoms with Crippen LogP contribution in [-0.4, -0.2) is 19.7 Å². The lowest BCUT2D eigenvalue weighted by molar-refractivity contribution is 0.231. The van der Waals surface area contributed by atoms with Gasteiger partial charge in [-0.1, -0.05) is 0 Å². The van der Waals surface area contributed by atoms with Crippen LogP contribution in [0.2, 0.25) is 0 Å². The number of pyridine rings is 1. The fraction of sp³-hybridized carbons (Fsp3) is 0.545. The molecule has 0 spiro atoms. The zero-order valence-corrected chi connectivity index (χ0v) is 10.5. The zero-order valence-electron chi connectivity index (χ0n) is 9.68. The molecule has 0 aromatic carbocycles. The number of hydrogen-bond donors (Lipinski definition) is 0. The molecule has 1 aromatic rings. The summed E-state index contributed by atoms with van der Waals surface area (Å²) in [6.45, 7) is 1.58. The van der Waals surface area contributed by atoms with Gasteiger partial charge in [0.25, 0.3) is 10.1 Å². The van der Waals surface area contributed by atoms with E-state index in [0.717, 1.165) is 25.3 Å². The first kappa shape index (κ1) is 12.4. The van der Waals surface area contributed by atoms with Crippen LogP contribution in [0.3, 0.4) is 0 Å². The summed E-state index contributed by atoms with van der Waals surface area (Å²) in [6, 6.07) is 1.60. The van der Waals surface area contributed by atoms with Crippen molar-refractivity contribution in [2.75, 3.05) is 6.26 Å². The molecule has 0 aliphatic heterocycles. The molecule has 1 saturated carbocycles. The van der Waals surface area contributed by atoms with Gasteiger partial charge in [-0.3, -0.25) is 9.17 Å². The highest BCUT2D eigenvalue weighted by Crippen LogP contribution is 2.41. The van der Waals surface area contributed by atoms with Crippen molar-refractivity contribution in [3.63, 3.8) is 0 Å². The lowest BCUT2D eigenvalue weighted by Crippen LogP contribution is -2.09. The van der Waals surface area contributed by atoms with E-state index in [4.69, 9.17) is 4.18 Å². The number of nitrogens with zero attached hydrogens (tertiary/aromatic N) is 1. The second-order valence-corrected chi connectivity index (χ2v) is 5.95. The fourth-order valence-corrected chi connectivity index (χ4v) is 2.34. The number of halogens is 1. The van der Waals surface area contributed by atoms with Gasteiger partial charge in [-0.05, 0) is 37.3 Å². The Morgan fingerprint density at radius 1 is 1.53 bits per heavy atom. The minimum absolute atomic E-state index is 0.252. The van der Waals surface area contributed by atoms with Gasteiger partial charge in [-0.15, -0.1) is 0 Å². The third kappa shape index (κ3) is 3.23. The third-order valence-corrected chi connectivity index (χ3v) is 3.30. The van der Waals surface area contributed by atoms with Crippen LogP contribution in [0.5, 0.6) is 0 Å². The summed E-state index contributed by atoms with van der Waals surface area (Å²) < 4.78 is 40.2. The molecule has 0 radical (unpaired) electrons. The highest BCUT2D eigenvalue weighted by atomic mass is 32.2. The van der Waals surface area contributed by atoms with Crippen molar-refractivity contribution in [1.29, 1.82) is 0 Å². The zero-order chi connectivity index (χ0) is 12.6. The molecule has 1 aliphatic carbocycles. The molecule has 94 valence electrons. The van der Waals surface area contributed by atoms with Crippen LogP contribution in [0.4, 0.5) is 4.39 Å². The quantitative estimate of drug-likeness (QED) is 0.777. The predicted octanol–water partition coefficient (Wildman–Crippen LogP) is 2.14. The molecule has 0 N–H and O–H groups in total. The minimum Gasteiger partial charge on any atom is -0.261 e. The van der Waals surface area contributed by atoms with Gasteiger partial charge in [-0.25, -0.2) is 4.39 Å². The smallest absolute Gasteiger partial charge is 0.261 e. The number of aromatic nitrogens is 1. The van der Waals surface area contributed by atoms with E-state index in [1.807, 2.05) is 0 Å². The van der Waals surface area contributed by atoms with E-state index in [9.17, 15) is 12.8 Å². The molecule has 17 heavy (non-hydrogen) atoms. The summed E-state index contributed by atoms with van der Waals surface area (Å²) in [5.41, 5.74) is 1.05. The standard InChI is InChI=1S/C11H14FNO3S/c1-7(16-17(2,14)15)11-5-9(8-3-4-8)10(12)6-13-11/h5-8H,3-4H2,1-2H3.